The second-order valence-corrected chi connectivity index (χ2v) is 4.74. The average molecular weight is 289 g/mol. The Morgan fingerprint density at radius 3 is 2.62 bits per heavy atom. The van der Waals surface area contributed by atoms with Crippen molar-refractivity contribution in [3.63, 3.8) is 0 Å². The van der Waals surface area contributed by atoms with Crippen molar-refractivity contribution in [2.24, 2.45) is 0 Å². The molecule has 112 valence electrons. The largest absolute Gasteiger partial charge is 0.508 e. The van der Waals surface area contributed by atoms with E-state index in [1.165, 1.54) is 12.1 Å². The summed E-state index contributed by atoms with van der Waals surface area (Å²) >= 11 is 0. The number of anilines is 1. The van der Waals surface area contributed by atoms with E-state index in [4.69, 9.17) is 4.74 Å². The fourth-order valence-corrected chi connectivity index (χ4v) is 2.26. The van der Waals surface area contributed by atoms with Crippen LogP contribution in [0.4, 0.5) is 10.1 Å². The standard InChI is InChI=1S/C17H20FNO2/c1-3-14(13-7-5-6-8-16(13)20)19-15-10-9-12(18)11-17(15)21-4-2/h5-11,14,19-20H,3-4H2,1-2H3. The molecule has 0 aliphatic heterocycles. The summed E-state index contributed by atoms with van der Waals surface area (Å²) in [7, 11) is 0. The van der Waals surface area contributed by atoms with Crippen LogP contribution >= 0.6 is 0 Å². The number of aromatic hydroxyl groups is 1. The Balaban J connectivity index is 2.29. The van der Waals surface area contributed by atoms with Crippen molar-refractivity contribution in [3.05, 3.63) is 53.8 Å². The van der Waals surface area contributed by atoms with Gasteiger partial charge < -0.3 is 15.2 Å². The Hall–Kier alpha value is -2.23. The van der Waals surface area contributed by atoms with E-state index in [0.717, 1.165) is 12.0 Å². The molecule has 0 radical (unpaired) electrons. The zero-order chi connectivity index (χ0) is 15.2. The van der Waals surface area contributed by atoms with Gasteiger partial charge in [-0.1, -0.05) is 25.1 Å². The van der Waals surface area contributed by atoms with E-state index in [0.29, 0.717) is 18.0 Å². The Bertz CT molecular complexity index is 601. The number of nitrogens with one attached hydrogen (secondary N) is 1. The third-order valence-electron chi connectivity index (χ3n) is 3.29. The molecule has 0 aliphatic rings. The van der Waals surface area contributed by atoms with Crippen molar-refractivity contribution in [2.45, 2.75) is 26.3 Å². The van der Waals surface area contributed by atoms with Crippen LogP contribution in [0.15, 0.2) is 42.5 Å². The van der Waals surface area contributed by atoms with E-state index < -0.39 is 0 Å². The van der Waals surface area contributed by atoms with Crippen LogP contribution < -0.4 is 10.1 Å². The van der Waals surface area contributed by atoms with Crippen LogP contribution in [0.3, 0.4) is 0 Å². The molecule has 2 aromatic rings. The molecule has 0 bridgehead atoms. The number of hydrogen-bond acceptors (Lipinski definition) is 3. The van der Waals surface area contributed by atoms with Gasteiger partial charge in [0.2, 0.25) is 0 Å². The number of benzene rings is 2. The molecule has 0 saturated heterocycles. The summed E-state index contributed by atoms with van der Waals surface area (Å²) in [5, 5.41) is 13.3. The average Bonchev–Trinajstić information content (AvgIpc) is 2.48. The van der Waals surface area contributed by atoms with Crippen molar-refractivity contribution < 1.29 is 14.2 Å². The molecule has 1 atom stereocenters. The maximum Gasteiger partial charge on any atom is 0.145 e. The first-order chi connectivity index (χ1) is 10.2. The molecule has 2 N–H and O–H groups in total. The second kappa shape index (κ2) is 6.97. The van der Waals surface area contributed by atoms with Crippen molar-refractivity contribution in [3.8, 4) is 11.5 Å². The minimum absolute atomic E-state index is 0.0733. The van der Waals surface area contributed by atoms with E-state index in [-0.39, 0.29) is 17.6 Å². The fourth-order valence-electron chi connectivity index (χ4n) is 2.26. The van der Waals surface area contributed by atoms with Gasteiger partial charge in [0.05, 0.1) is 18.3 Å². The predicted octanol–water partition coefficient (Wildman–Crippen LogP) is 4.49. The van der Waals surface area contributed by atoms with E-state index in [2.05, 4.69) is 5.32 Å². The van der Waals surface area contributed by atoms with E-state index in [9.17, 15) is 9.50 Å². The quantitative estimate of drug-likeness (QED) is 0.823. The molecule has 0 fully saturated rings. The number of halogens is 1. The lowest BCUT2D eigenvalue weighted by Crippen LogP contribution is -2.11. The van der Waals surface area contributed by atoms with Crippen LogP contribution in [-0.2, 0) is 0 Å². The molecule has 0 aliphatic carbocycles. The number of rotatable bonds is 6. The Morgan fingerprint density at radius 1 is 1.19 bits per heavy atom. The Labute approximate surface area is 124 Å². The summed E-state index contributed by atoms with van der Waals surface area (Å²) in [4.78, 5) is 0. The first kappa shape index (κ1) is 15.2. The van der Waals surface area contributed by atoms with Crippen LogP contribution in [0.25, 0.3) is 0 Å². The van der Waals surface area contributed by atoms with Gasteiger partial charge in [0, 0.05) is 11.6 Å². The smallest absolute Gasteiger partial charge is 0.145 e. The molecule has 0 heterocycles. The van der Waals surface area contributed by atoms with Crippen molar-refractivity contribution in [1.29, 1.82) is 0 Å². The Morgan fingerprint density at radius 2 is 1.95 bits per heavy atom. The fraction of sp³-hybridized carbons (Fsp3) is 0.294. The monoisotopic (exact) mass is 289 g/mol. The predicted molar refractivity (Wildman–Crippen MR) is 82.3 cm³/mol. The molecule has 0 saturated carbocycles. The molecule has 1 unspecified atom stereocenters. The first-order valence-corrected chi connectivity index (χ1v) is 7.12. The molecule has 3 nitrogen and oxygen atoms in total. The summed E-state index contributed by atoms with van der Waals surface area (Å²) in [6.45, 7) is 4.34. The second-order valence-electron chi connectivity index (χ2n) is 4.74. The maximum atomic E-state index is 13.3. The zero-order valence-electron chi connectivity index (χ0n) is 12.3. The molecule has 0 spiro atoms. The van der Waals surface area contributed by atoms with E-state index >= 15 is 0 Å². The van der Waals surface area contributed by atoms with Gasteiger partial charge in [-0.2, -0.15) is 0 Å². The van der Waals surface area contributed by atoms with Crippen LogP contribution in [0, 0.1) is 5.82 Å². The van der Waals surface area contributed by atoms with Crippen LogP contribution in [-0.4, -0.2) is 11.7 Å². The van der Waals surface area contributed by atoms with Gasteiger partial charge in [-0.15, -0.1) is 0 Å². The van der Waals surface area contributed by atoms with Crippen molar-refractivity contribution in [2.75, 3.05) is 11.9 Å². The van der Waals surface area contributed by atoms with Gasteiger partial charge in [0.1, 0.15) is 17.3 Å². The van der Waals surface area contributed by atoms with Gasteiger partial charge >= 0.3 is 0 Å². The zero-order valence-corrected chi connectivity index (χ0v) is 12.3. The van der Waals surface area contributed by atoms with Crippen molar-refractivity contribution >= 4 is 5.69 Å². The van der Waals surface area contributed by atoms with Gasteiger partial charge in [0.15, 0.2) is 0 Å². The molecule has 0 aromatic heterocycles. The number of para-hydroxylation sites is 1. The highest BCUT2D eigenvalue weighted by atomic mass is 19.1. The third-order valence-corrected chi connectivity index (χ3v) is 3.29. The Kier molecular flexibility index (Phi) is 5.04. The van der Waals surface area contributed by atoms with Gasteiger partial charge in [-0.3, -0.25) is 0 Å². The first-order valence-electron chi connectivity index (χ1n) is 7.12. The molecular formula is C17H20FNO2. The topological polar surface area (TPSA) is 41.5 Å². The highest BCUT2D eigenvalue weighted by Crippen LogP contribution is 2.33. The van der Waals surface area contributed by atoms with Gasteiger partial charge in [-0.05, 0) is 31.5 Å². The van der Waals surface area contributed by atoms with E-state index in [1.54, 1.807) is 18.2 Å². The normalized spacial score (nSPS) is 12.0. The lowest BCUT2D eigenvalue weighted by atomic mass is 10.0. The minimum atomic E-state index is -0.334. The number of phenols is 1. The number of hydrogen-bond donors (Lipinski definition) is 2. The lowest BCUT2D eigenvalue weighted by molar-refractivity contribution is 0.339. The highest BCUT2D eigenvalue weighted by Gasteiger charge is 2.15. The maximum absolute atomic E-state index is 13.3. The number of phenolic OH excluding ortho intramolecular Hbond substituents is 1. The van der Waals surface area contributed by atoms with Crippen molar-refractivity contribution in [1.82, 2.24) is 0 Å². The third kappa shape index (κ3) is 3.66. The summed E-state index contributed by atoms with van der Waals surface area (Å²) in [5.41, 5.74) is 1.53. The molecular weight excluding hydrogens is 269 g/mol. The highest BCUT2D eigenvalue weighted by molar-refractivity contribution is 5.58. The van der Waals surface area contributed by atoms with Crippen LogP contribution in [0.1, 0.15) is 31.9 Å². The molecule has 0 amide bonds. The lowest BCUT2D eigenvalue weighted by Gasteiger charge is -2.21. The van der Waals surface area contributed by atoms with Crippen LogP contribution in [0.2, 0.25) is 0 Å². The molecule has 4 heteroatoms. The van der Waals surface area contributed by atoms with Crippen LogP contribution in [0.5, 0.6) is 11.5 Å². The summed E-state index contributed by atoms with van der Waals surface area (Å²) < 4.78 is 18.8. The number of ether oxygens (including phenoxy) is 1. The van der Waals surface area contributed by atoms with E-state index in [1.807, 2.05) is 26.0 Å². The SMILES string of the molecule is CCOc1cc(F)ccc1NC(CC)c1ccccc1O. The van der Waals surface area contributed by atoms with Gasteiger partial charge in [0.25, 0.3) is 0 Å². The molecule has 2 rings (SSSR count). The minimum Gasteiger partial charge on any atom is -0.508 e. The summed E-state index contributed by atoms with van der Waals surface area (Å²) in [5.74, 6) is 0.392. The summed E-state index contributed by atoms with van der Waals surface area (Å²) in [6, 6.07) is 11.5. The molecule has 21 heavy (non-hydrogen) atoms. The summed E-state index contributed by atoms with van der Waals surface area (Å²) in [6.07, 6.45) is 0.778. The van der Waals surface area contributed by atoms with Gasteiger partial charge in [-0.25, -0.2) is 4.39 Å². The molecule has 2 aromatic carbocycles.